The van der Waals surface area contributed by atoms with Crippen LogP contribution in [0.4, 0.5) is 0 Å². The molecule has 188 valence electrons. The maximum Gasteiger partial charge on any atom is 0.266 e. The molecule has 1 atom stereocenters. The van der Waals surface area contributed by atoms with Gasteiger partial charge in [0, 0.05) is 22.7 Å². The Morgan fingerprint density at radius 2 is 1.73 bits per heavy atom. The molecule has 0 spiro atoms. The van der Waals surface area contributed by atoms with Gasteiger partial charge < -0.3 is 9.30 Å². The molecule has 4 aromatic rings. The summed E-state index contributed by atoms with van der Waals surface area (Å²) in [5, 5.41) is 1.11. The Balaban J connectivity index is 1.31. The number of thiocarbonyl (C=S) groups is 1. The number of carbonyl (C=O) groups excluding carboxylic acids is 1. The lowest BCUT2D eigenvalue weighted by Gasteiger charge is -2.14. The number of benzene rings is 3. The highest BCUT2D eigenvalue weighted by molar-refractivity contribution is 8.26. The van der Waals surface area contributed by atoms with Crippen LogP contribution in [0.15, 0.2) is 90.0 Å². The Morgan fingerprint density at radius 3 is 2.49 bits per heavy atom. The third kappa shape index (κ3) is 5.65. The summed E-state index contributed by atoms with van der Waals surface area (Å²) >= 11 is 6.92. The second kappa shape index (κ2) is 11.4. The molecule has 0 aliphatic carbocycles. The second-order valence-corrected chi connectivity index (χ2v) is 11.0. The molecule has 0 saturated carbocycles. The van der Waals surface area contributed by atoms with Gasteiger partial charge in [-0.3, -0.25) is 9.69 Å². The lowest BCUT2D eigenvalue weighted by atomic mass is 9.99. The number of rotatable bonds is 9. The first kappa shape index (κ1) is 25.3. The molecule has 1 amide bonds. The van der Waals surface area contributed by atoms with E-state index in [1.165, 1.54) is 17.3 Å². The number of fused-ring (bicyclic) bond motifs is 1. The summed E-state index contributed by atoms with van der Waals surface area (Å²) in [7, 11) is 0. The highest BCUT2D eigenvalue weighted by Crippen LogP contribution is 2.35. The standard InChI is InChI=1S/C31H30N2O2S2/c1-3-22(2)24-13-15-26(16-14-24)35-18-17-32-21-25(27-11-7-8-12-28(27)32)19-29-30(34)33(31(36)37-29)20-23-9-5-4-6-10-23/h4-16,19,21-22H,3,17-18,20H2,1-2H3/b29-19-/t22-/m1/s1. The topological polar surface area (TPSA) is 34.5 Å². The average Bonchev–Trinajstić information content (AvgIpc) is 3.41. The monoisotopic (exact) mass is 526 g/mol. The largest absolute Gasteiger partial charge is 0.492 e. The van der Waals surface area contributed by atoms with Crippen molar-refractivity contribution in [3.63, 3.8) is 0 Å². The molecule has 0 N–H and O–H groups in total. The summed E-state index contributed by atoms with van der Waals surface area (Å²) in [4.78, 5) is 15.5. The highest BCUT2D eigenvalue weighted by atomic mass is 32.2. The van der Waals surface area contributed by atoms with Crippen molar-refractivity contribution in [2.24, 2.45) is 0 Å². The number of aromatic nitrogens is 1. The van der Waals surface area contributed by atoms with Crippen LogP contribution in [-0.2, 0) is 17.9 Å². The summed E-state index contributed by atoms with van der Waals surface area (Å²) in [5.41, 5.74) is 4.52. The van der Waals surface area contributed by atoms with Crippen molar-refractivity contribution in [1.29, 1.82) is 0 Å². The van der Waals surface area contributed by atoms with Crippen molar-refractivity contribution in [1.82, 2.24) is 9.47 Å². The molecule has 1 aromatic heterocycles. The Bertz CT molecular complexity index is 1440. The Kier molecular flexibility index (Phi) is 7.77. The molecule has 1 aliphatic rings. The Labute approximate surface area is 227 Å². The molecule has 5 rings (SSSR count). The van der Waals surface area contributed by atoms with Gasteiger partial charge in [-0.1, -0.05) is 98.5 Å². The number of thioether (sulfide) groups is 1. The zero-order valence-electron chi connectivity index (χ0n) is 21.1. The Morgan fingerprint density at radius 1 is 1.00 bits per heavy atom. The number of ether oxygens (including phenoxy) is 1. The molecule has 1 saturated heterocycles. The van der Waals surface area contributed by atoms with E-state index in [9.17, 15) is 4.79 Å². The van der Waals surface area contributed by atoms with Crippen LogP contribution in [0.2, 0.25) is 0 Å². The minimum absolute atomic E-state index is 0.0418. The fourth-order valence-corrected chi connectivity index (χ4v) is 5.75. The maximum atomic E-state index is 13.2. The van der Waals surface area contributed by atoms with Crippen LogP contribution in [0.25, 0.3) is 17.0 Å². The van der Waals surface area contributed by atoms with E-state index in [2.05, 4.69) is 61.0 Å². The SMILES string of the molecule is CC[C@@H](C)c1ccc(OCCn2cc(/C=C3\SC(=S)N(Cc4ccccc4)C3=O)c3ccccc32)cc1. The first-order valence-electron chi connectivity index (χ1n) is 12.6. The molecule has 0 radical (unpaired) electrons. The minimum atomic E-state index is -0.0418. The van der Waals surface area contributed by atoms with E-state index < -0.39 is 0 Å². The van der Waals surface area contributed by atoms with Crippen LogP contribution in [0.5, 0.6) is 5.75 Å². The van der Waals surface area contributed by atoms with Gasteiger partial charge in [0.1, 0.15) is 16.7 Å². The number of hydrogen-bond donors (Lipinski definition) is 0. The van der Waals surface area contributed by atoms with Crippen molar-refractivity contribution in [3.8, 4) is 5.75 Å². The molecular weight excluding hydrogens is 496 g/mol. The predicted molar refractivity (Wildman–Crippen MR) is 158 cm³/mol. The number of hydrogen-bond acceptors (Lipinski definition) is 4. The van der Waals surface area contributed by atoms with E-state index in [1.54, 1.807) is 4.90 Å². The van der Waals surface area contributed by atoms with Gasteiger partial charge in [-0.05, 0) is 47.7 Å². The van der Waals surface area contributed by atoms with E-state index in [-0.39, 0.29) is 5.91 Å². The van der Waals surface area contributed by atoms with Gasteiger partial charge in [-0.25, -0.2) is 0 Å². The van der Waals surface area contributed by atoms with Crippen molar-refractivity contribution < 1.29 is 9.53 Å². The molecule has 1 fully saturated rings. The molecule has 4 nitrogen and oxygen atoms in total. The first-order chi connectivity index (χ1) is 18.0. The first-order valence-corrected chi connectivity index (χ1v) is 13.9. The molecule has 2 heterocycles. The van der Waals surface area contributed by atoms with Crippen LogP contribution in [0.3, 0.4) is 0 Å². The molecule has 6 heteroatoms. The molecule has 37 heavy (non-hydrogen) atoms. The van der Waals surface area contributed by atoms with Gasteiger partial charge in [0.05, 0.1) is 18.0 Å². The lowest BCUT2D eigenvalue weighted by molar-refractivity contribution is -0.122. The molecule has 3 aromatic carbocycles. The summed E-state index contributed by atoms with van der Waals surface area (Å²) < 4.78 is 8.84. The van der Waals surface area contributed by atoms with Crippen molar-refractivity contribution in [2.75, 3.05) is 6.61 Å². The second-order valence-electron chi connectivity index (χ2n) is 9.28. The number of para-hydroxylation sites is 1. The summed E-state index contributed by atoms with van der Waals surface area (Å²) in [6.45, 7) is 6.19. The summed E-state index contributed by atoms with van der Waals surface area (Å²) in [6.07, 6.45) is 5.20. The van der Waals surface area contributed by atoms with E-state index in [1.807, 2.05) is 48.5 Å². The van der Waals surface area contributed by atoms with E-state index in [0.29, 0.717) is 34.8 Å². The van der Waals surface area contributed by atoms with Crippen LogP contribution in [-0.4, -0.2) is 26.3 Å². The van der Waals surface area contributed by atoms with E-state index in [0.717, 1.165) is 34.2 Å². The van der Waals surface area contributed by atoms with Crippen LogP contribution >= 0.6 is 24.0 Å². The molecule has 0 bridgehead atoms. The van der Waals surface area contributed by atoms with Gasteiger partial charge in [0.2, 0.25) is 0 Å². The van der Waals surface area contributed by atoms with Crippen molar-refractivity contribution >= 4 is 51.2 Å². The van der Waals surface area contributed by atoms with Gasteiger partial charge >= 0.3 is 0 Å². The number of amides is 1. The lowest BCUT2D eigenvalue weighted by Crippen LogP contribution is -2.27. The van der Waals surface area contributed by atoms with Gasteiger partial charge in [-0.2, -0.15) is 0 Å². The third-order valence-electron chi connectivity index (χ3n) is 6.83. The zero-order chi connectivity index (χ0) is 25.8. The fourth-order valence-electron chi connectivity index (χ4n) is 4.51. The summed E-state index contributed by atoms with van der Waals surface area (Å²) in [6, 6.07) is 26.6. The third-order valence-corrected chi connectivity index (χ3v) is 8.20. The highest BCUT2D eigenvalue weighted by Gasteiger charge is 2.32. The van der Waals surface area contributed by atoms with Gasteiger partial charge in [0.25, 0.3) is 5.91 Å². The smallest absolute Gasteiger partial charge is 0.266 e. The zero-order valence-corrected chi connectivity index (χ0v) is 22.7. The normalized spacial score (nSPS) is 15.6. The van der Waals surface area contributed by atoms with Gasteiger partial charge in [-0.15, -0.1) is 0 Å². The molecular formula is C31H30N2O2S2. The molecule has 0 unspecified atom stereocenters. The van der Waals surface area contributed by atoms with E-state index >= 15 is 0 Å². The van der Waals surface area contributed by atoms with Crippen LogP contribution in [0.1, 0.15) is 42.9 Å². The van der Waals surface area contributed by atoms with Crippen molar-refractivity contribution in [3.05, 3.63) is 107 Å². The van der Waals surface area contributed by atoms with Crippen LogP contribution in [0, 0.1) is 0 Å². The Hall–Kier alpha value is -3.35. The quantitative estimate of drug-likeness (QED) is 0.166. The van der Waals surface area contributed by atoms with Gasteiger partial charge in [0.15, 0.2) is 0 Å². The predicted octanol–water partition coefficient (Wildman–Crippen LogP) is 7.64. The average molecular weight is 527 g/mol. The van der Waals surface area contributed by atoms with E-state index in [4.69, 9.17) is 17.0 Å². The number of nitrogens with zero attached hydrogens (tertiary/aromatic N) is 2. The van der Waals surface area contributed by atoms with Crippen LogP contribution < -0.4 is 4.74 Å². The summed E-state index contributed by atoms with van der Waals surface area (Å²) in [5.74, 6) is 1.39. The number of carbonyl (C=O) groups is 1. The van der Waals surface area contributed by atoms with Crippen molar-refractivity contribution in [2.45, 2.75) is 39.3 Å². The molecule has 1 aliphatic heterocycles. The maximum absolute atomic E-state index is 13.2. The minimum Gasteiger partial charge on any atom is -0.492 e. The fraction of sp³-hybridized carbons (Fsp3) is 0.226.